The van der Waals surface area contributed by atoms with Crippen molar-refractivity contribution in [2.75, 3.05) is 31.5 Å². The fourth-order valence-electron chi connectivity index (χ4n) is 3.30. The second-order valence-electron chi connectivity index (χ2n) is 6.77. The van der Waals surface area contributed by atoms with Gasteiger partial charge in [0.15, 0.2) is 0 Å². The summed E-state index contributed by atoms with van der Waals surface area (Å²) in [7, 11) is 0. The molecular weight excluding hydrogens is 388 g/mol. The molecule has 8 nitrogen and oxygen atoms in total. The Kier molecular flexibility index (Phi) is 6.09. The van der Waals surface area contributed by atoms with Gasteiger partial charge in [0, 0.05) is 55.4 Å². The summed E-state index contributed by atoms with van der Waals surface area (Å²) in [5, 5.41) is 13.5. The molecule has 0 aliphatic carbocycles. The monoisotopic (exact) mass is 410 g/mol. The maximum absolute atomic E-state index is 12.6. The quantitative estimate of drug-likeness (QED) is 0.643. The molecule has 3 heterocycles. The van der Waals surface area contributed by atoms with Crippen LogP contribution in [0.3, 0.4) is 0 Å². The first-order valence-corrected chi connectivity index (χ1v) is 10.2. The molecular formula is C20H22N6O2S. The number of benzene rings is 1. The summed E-state index contributed by atoms with van der Waals surface area (Å²) in [4.78, 5) is 25.5. The van der Waals surface area contributed by atoms with Gasteiger partial charge in [0.25, 0.3) is 5.91 Å². The highest BCUT2D eigenvalue weighted by Gasteiger charge is 2.23. The minimum Gasteiger partial charge on any atom is -0.392 e. The van der Waals surface area contributed by atoms with Crippen LogP contribution in [0.1, 0.15) is 21.6 Å². The first kappa shape index (κ1) is 19.4. The average molecular weight is 411 g/mol. The van der Waals surface area contributed by atoms with E-state index in [2.05, 4.69) is 24.6 Å². The molecule has 0 atom stereocenters. The average Bonchev–Trinajstić information content (AvgIpc) is 3.28. The fraction of sp³-hybridized carbons (Fsp3) is 0.300. The van der Waals surface area contributed by atoms with Crippen LogP contribution < -0.4 is 5.32 Å². The molecule has 0 saturated carbocycles. The van der Waals surface area contributed by atoms with Crippen LogP contribution in [0.2, 0.25) is 0 Å². The Balaban J connectivity index is 1.39. The SMILES string of the molecule is O=C(c1ccccc1)N1CCN(Cc2nc(Nc3ncns3)ccc2CO)CC1. The van der Waals surface area contributed by atoms with Crippen LogP contribution in [0.15, 0.2) is 48.8 Å². The number of anilines is 2. The third-order valence-corrected chi connectivity index (χ3v) is 5.47. The van der Waals surface area contributed by atoms with E-state index in [4.69, 9.17) is 0 Å². The van der Waals surface area contributed by atoms with Crippen molar-refractivity contribution in [1.82, 2.24) is 24.1 Å². The van der Waals surface area contributed by atoms with Crippen molar-refractivity contribution in [2.45, 2.75) is 13.2 Å². The van der Waals surface area contributed by atoms with Crippen molar-refractivity contribution in [1.29, 1.82) is 0 Å². The zero-order valence-corrected chi connectivity index (χ0v) is 16.7. The molecule has 0 spiro atoms. The lowest BCUT2D eigenvalue weighted by Gasteiger charge is -2.34. The Morgan fingerprint density at radius 1 is 1.10 bits per heavy atom. The minimum atomic E-state index is -0.0616. The lowest BCUT2D eigenvalue weighted by atomic mass is 10.1. The minimum absolute atomic E-state index is 0.0616. The van der Waals surface area contributed by atoms with Crippen molar-refractivity contribution in [3.05, 3.63) is 65.6 Å². The van der Waals surface area contributed by atoms with Gasteiger partial charge < -0.3 is 15.3 Å². The van der Waals surface area contributed by atoms with Crippen molar-refractivity contribution in [3.8, 4) is 0 Å². The number of aromatic nitrogens is 3. The Morgan fingerprint density at radius 3 is 2.59 bits per heavy atom. The Labute approximate surface area is 173 Å². The standard InChI is InChI=1S/C20H22N6O2S/c27-13-16-6-7-18(24-20-21-14-22-29-20)23-17(16)12-25-8-10-26(11-9-25)19(28)15-4-2-1-3-5-15/h1-7,14,27H,8-13H2,(H,21,22,23,24). The molecule has 1 aliphatic heterocycles. The van der Waals surface area contributed by atoms with Crippen LogP contribution in [-0.4, -0.2) is 61.3 Å². The van der Waals surface area contributed by atoms with Crippen LogP contribution >= 0.6 is 11.5 Å². The number of hydrogen-bond acceptors (Lipinski definition) is 8. The highest BCUT2D eigenvalue weighted by Crippen LogP contribution is 2.19. The van der Waals surface area contributed by atoms with E-state index < -0.39 is 0 Å². The molecule has 9 heteroatoms. The first-order valence-electron chi connectivity index (χ1n) is 9.43. The molecule has 150 valence electrons. The van der Waals surface area contributed by atoms with E-state index in [1.165, 1.54) is 17.9 Å². The van der Waals surface area contributed by atoms with Gasteiger partial charge in [-0.3, -0.25) is 9.69 Å². The molecule has 0 bridgehead atoms. The van der Waals surface area contributed by atoms with Crippen LogP contribution in [0.25, 0.3) is 0 Å². The zero-order chi connectivity index (χ0) is 20.1. The topological polar surface area (TPSA) is 94.5 Å². The van der Waals surface area contributed by atoms with E-state index in [1.807, 2.05) is 47.4 Å². The smallest absolute Gasteiger partial charge is 0.253 e. The second kappa shape index (κ2) is 9.08. The highest BCUT2D eigenvalue weighted by molar-refractivity contribution is 7.09. The number of carbonyl (C=O) groups is 1. The number of amides is 1. The summed E-state index contributed by atoms with van der Waals surface area (Å²) >= 11 is 1.26. The van der Waals surface area contributed by atoms with E-state index in [0.717, 1.165) is 29.9 Å². The molecule has 2 aromatic heterocycles. The van der Waals surface area contributed by atoms with Gasteiger partial charge in [0.2, 0.25) is 5.13 Å². The number of rotatable bonds is 6. The molecule has 2 N–H and O–H groups in total. The number of piperazine rings is 1. The van der Waals surface area contributed by atoms with Crippen LogP contribution in [0.4, 0.5) is 10.9 Å². The number of aliphatic hydroxyl groups is 1. The normalized spacial score (nSPS) is 14.7. The van der Waals surface area contributed by atoms with E-state index in [0.29, 0.717) is 30.6 Å². The van der Waals surface area contributed by atoms with E-state index in [9.17, 15) is 9.90 Å². The number of aliphatic hydroxyl groups excluding tert-OH is 1. The summed E-state index contributed by atoms with van der Waals surface area (Å²) in [5.41, 5.74) is 2.35. The van der Waals surface area contributed by atoms with Crippen molar-refractivity contribution in [3.63, 3.8) is 0 Å². The number of hydrogen-bond donors (Lipinski definition) is 2. The maximum atomic E-state index is 12.6. The van der Waals surface area contributed by atoms with Crippen molar-refractivity contribution >= 4 is 28.4 Å². The first-order chi connectivity index (χ1) is 14.2. The lowest BCUT2D eigenvalue weighted by molar-refractivity contribution is 0.0626. The van der Waals surface area contributed by atoms with E-state index in [-0.39, 0.29) is 12.5 Å². The summed E-state index contributed by atoms with van der Waals surface area (Å²) in [6.45, 7) is 3.43. The van der Waals surface area contributed by atoms with Gasteiger partial charge in [-0.2, -0.15) is 4.37 Å². The molecule has 0 unspecified atom stereocenters. The Bertz CT molecular complexity index is 943. The fourth-order valence-corrected chi connectivity index (χ4v) is 3.74. The van der Waals surface area contributed by atoms with Crippen LogP contribution in [0, 0.1) is 0 Å². The largest absolute Gasteiger partial charge is 0.392 e. The molecule has 1 aliphatic rings. The van der Waals surface area contributed by atoms with E-state index >= 15 is 0 Å². The molecule has 1 fully saturated rings. The third-order valence-electron chi connectivity index (χ3n) is 4.89. The van der Waals surface area contributed by atoms with Crippen LogP contribution in [-0.2, 0) is 13.2 Å². The number of nitrogens with zero attached hydrogens (tertiary/aromatic N) is 5. The molecule has 3 aromatic rings. The predicted octanol–water partition coefficient (Wildman–Crippen LogP) is 2.13. The number of nitrogens with one attached hydrogen (secondary N) is 1. The Morgan fingerprint density at radius 2 is 1.90 bits per heavy atom. The van der Waals surface area contributed by atoms with Gasteiger partial charge in [0.1, 0.15) is 12.1 Å². The summed E-state index contributed by atoms with van der Waals surface area (Å²) in [5.74, 6) is 0.745. The molecule has 29 heavy (non-hydrogen) atoms. The Hall–Kier alpha value is -2.88. The third kappa shape index (κ3) is 4.76. The van der Waals surface area contributed by atoms with Crippen LogP contribution in [0.5, 0.6) is 0 Å². The maximum Gasteiger partial charge on any atom is 0.253 e. The highest BCUT2D eigenvalue weighted by atomic mass is 32.1. The van der Waals surface area contributed by atoms with Gasteiger partial charge in [-0.15, -0.1) is 0 Å². The van der Waals surface area contributed by atoms with Gasteiger partial charge in [-0.1, -0.05) is 24.3 Å². The predicted molar refractivity (Wildman–Crippen MR) is 111 cm³/mol. The lowest BCUT2D eigenvalue weighted by Crippen LogP contribution is -2.48. The summed E-state index contributed by atoms with van der Waals surface area (Å²) in [6.07, 6.45) is 1.49. The molecule has 1 saturated heterocycles. The van der Waals surface area contributed by atoms with Crippen molar-refractivity contribution < 1.29 is 9.90 Å². The van der Waals surface area contributed by atoms with E-state index in [1.54, 1.807) is 0 Å². The summed E-state index contributed by atoms with van der Waals surface area (Å²) < 4.78 is 3.97. The van der Waals surface area contributed by atoms with Gasteiger partial charge >= 0.3 is 0 Å². The number of carbonyl (C=O) groups excluding carboxylic acids is 1. The second-order valence-corrected chi connectivity index (χ2v) is 7.55. The zero-order valence-electron chi connectivity index (χ0n) is 15.9. The molecule has 1 amide bonds. The molecule has 0 radical (unpaired) electrons. The molecule has 1 aromatic carbocycles. The van der Waals surface area contributed by atoms with Crippen molar-refractivity contribution in [2.24, 2.45) is 0 Å². The summed E-state index contributed by atoms with van der Waals surface area (Å²) in [6, 6.07) is 13.1. The van der Waals surface area contributed by atoms with Gasteiger partial charge in [-0.25, -0.2) is 9.97 Å². The van der Waals surface area contributed by atoms with Gasteiger partial charge in [-0.05, 0) is 18.2 Å². The molecule has 4 rings (SSSR count). The number of pyridine rings is 1. The van der Waals surface area contributed by atoms with Gasteiger partial charge in [0.05, 0.1) is 12.3 Å².